The van der Waals surface area contributed by atoms with Crippen molar-refractivity contribution in [1.82, 2.24) is 15.3 Å². The van der Waals surface area contributed by atoms with Crippen LogP contribution in [-0.2, 0) is 11.2 Å². The fraction of sp³-hybridized carbons (Fsp3) is 0.357. The van der Waals surface area contributed by atoms with E-state index in [2.05, 4.69) is 80.8 Å². The molecule has 0 bridgehead atoms. The van der Waals surface area contributed by atoms with E-state index < -0.39 is 5.60 Å². The minimum Gasteiger partial charge on any atom is -0.444 e. The molecule has 0 spiro atoms. The molecule has 4 aromatic rings. The van der Waals surface area contributed by atoms with Gasteiger partial charge in [-0.1, -0.05) is 40.2 Å². The Morgan fingerprint density at radius 2 is 1.76 bits per heavy atom. The third-order valence-corrected chi connectivity index (χ3v) is 7.79. The number of aromatic amines is 1. The second kappa shape index (κ2) is 7.32. The molecule has 5 nitrogen and oxygen atoms in total. The zero-order valence-corrected chi connectivity index (χ0v) is 21.3. The van der Waals surface area contributed by atoms with Gasteiger partial charge in [-0.2, -0.15) is 0 Å². The van der Waals surface area contributed by atoms with Crippen molar-refractivity contribution in [3.05, 3.63) is 64.9 Å². The lowest BCUT2D eigenvalue weighted by molar-refractivity contribution is 0.0510. The van der Waals surface area contributed by atoms with E-state index in [0.717, 1.165) is 47.0 Å². The highest BCUT2D eigenvalue weighted by molar-refractivity contribution is 9.10. The van der Waals surface area contributed by atoms with Crippen LogP contribution in [0.25, 0.3) is 32.9 Å². The number of rotatable bonds is 5. The van der Waals surface area contributed by atoms with Crippen molar-refractivity contribution < 1.29 is 9.53 Å². The summed E-state index contributed by atoms with van der Waals surface area (Å²) in [6.07, 6.45) is 3.69. The summed E-state index contributed by atoms with van der Waals surface area (Å²) < 4.78 is 6.53. The molecule has 2 aliphatic rings. The van der Waals surface area contributed by atoms with Crippen LogP contribution in [0.5, 0.6) is 0 Å². The third kappa shape index (κ3) is 3.88. The van der Waals surface area contributed by atoms with Crippen LogP contribution < -0.4 is 5.32 Å². The Morgan fingerprint density at radius 3 is 2.56 bits per heavy atom. The molecule has 174 valence electrons. The summed E-state index contributed by atoms with van der Waals surface area (Å²) in [4.78, 5) is 20.5. The Balaban J connectivity index is 1.14. The molecule has 34 heavy (non-hydrogen) atoms. The van der Waals surface area contributed by atoms with Gasteiger partial charge in [-0.15, -0.1) is 0 Å². The summed E-state index contributed by atoms with van der Waals surface area (Å²) in [5.74, 6) is 1.01. The Hall–Kier alpha value is -2.86. The predicted molar refractivity (Wildman–Crippen MR) is 139 cm³/mol. The zero-order valence-electron chi connectivity index (χ0n) is 19.7. The summed E-state index contributed by atoms with van der Waals surface area (Å²) in [5, 5.41) is 5.56. The number of nitrogens with zero attached hydrogens (tertiary/aromatic N) is 1. The Kier molecular flexibility index (Phi) is 4.66. The highest BCUT2D eigenvalue weighted by atomic mass is 79.9. The molecular weight excluding hydrogens is 490 g/mol. The van der Waals surface area contributed by atoms with E-state index >= 15 is 0 Å². The fourth-order valence-electron chi connectivity index (χ4n) is 5.27. The number of alkyl carbamates (subject to hydrolysis) is 1. The minimum absolute atomic E-state index is 0.0415. The van der Waals surface area contributed by atoms with Gasteiger partial charge in [0.05, 0.1) is 16.6 Å². The van der Waals surface area contributed by atoms with Gasteiger partial charge < -0.3 is 15.0 Å². The monoisotopic (exact) mass is 517 g/mol. The smallest absolute Gasteiger partial charge is 0.408 e. The number of imidazole rings is 1. The van der Waals surface area contributed by atoms with Gasteiger partial charge in [-0.25, -0.2) is 9.78 Å². The zero-order chi connectivity index (χ0) is 23.7. The first-order chi connectivity index (χ1) is 16.1. The van der Waals surface area contributed by atoms with Crippen LogP contribution in [0.4, 0.5) is 4.79 Å². The van der Waals surface area contributed by atoms with Gasteiger partial charge in [0, 0.05) is 10.9 Å². The van der Waals surface area contributed by atoms with E-state index in [1.165, 1.54) is 21.9 Å². The maximum atomic E-state index is 12.2. The number of aryl methyl sites for hydroxylation is 1. The van der Waals surface area contributed by atoms with Crippen molar-refractivity contribution in [2.24, 2.45) is 5.41 Å². The number of carbonyl (C=O) groups excluding carboxylic acids is 1. The predicted octanol–water partition coefficient (Wildman–Crippen LogP) is 7.14. The van der Waals surface area contributed by atoms with E-state index in [1.807, 2.05) is 20.8 Å². The lowest BCUT2D eigenvalue weighted by Crippen LogP contribution is -2.36. The minimum atomic E-state index is -0.468. The molecule has 2 saturated carbocycles. The SMILES string of the molecule is CC(C)(C)OC(=O)NC12CC1(CCc1nc3ccc(-c4ccc5cc(Br)ccc5c4)cc3[nH]1)C2. The topological polar surface area (TPSA) is 67.0 Å². The lowest BCUT2D eigenvalue weighted by atomic mass is 10.0. The molecule has 1 aromatic heterocycles. The summed E-state index contributed by atoms with van der Waals surface area (Å²) >= 11 is 3.55. The molecule has 2 N–H and O–H groups in total. The average Bonchev–Trinajstić information content (AvgIpc) is 3.47. The van der Waals surface area contributed by atoms with Crippen LogP contribution in [0.1, 0.15) is 45.9 Å². The number of hydrogen-bond acceptors (Lipinski definition) is 3. The van der Waals surface area contributed by atoms with Gasteiger partial charge in [0.2, 0.25) is 0 Å². The highest BCUT2D eigenvalue weighted by Crippen LogP contribution is 2.80. The van der Waals surface area contributed by atoms with E-state index in [-0.39, 0.29) is 17.0 Å². The molecule has 0 saturated heterocycles. The van der Waals surface area contributed by atoms with Crippen molar-refractivity contribution >= 4 is 43.8 Å². The van der Waals surface area contributed by atoms with Crippen LogP contribution in [0.2, 0.25) is 0 Å². The van der Waals surface area contributed by atoms with Gasteiger partial charge in [0.15, 0.2) is 0 Å². The fourth-order valence-corrected chi connectivity index (χ4v) is 5.64. The average molecular weight is 518 g/mol. The number of ether oxygens (including phenoxy) is 1. The van der Waals surface area contributed by atoms with E-state index in [9.17, 15) is 4.79 Å². The van der Waals surface area contributed by atoms with Crippen molar-refractivity contribution in [3.8, 4) is 11.1 Å². The Morgan fingerprint density at radius 1 is 1.06 bits per heavy atom. The standard InChI is InChI=1S/C28H28BrN3O2/c1-26(2,3)34-25(33)32-28-15-27(28,16-28)11-10-24-30-22-9-7-20(14-23(22)31-24)17-4-5-19-13-21(29)8-6-18(19)12-17/h4-9,12-14H,10-11,15-16H2,1-3H3,(H,30,31)(H,32,33). The molecule has 0 atom stereocenters. The van der Waals surface area contributed by atoms with Gasteiger partial charge in [0.1, 0.15) is 11.4 Å². The van der Waals surface area contributed by atoms with E-state index in [4.69, 9.17) is 9.72 Å². The molecule has 6 heteroatoms. The number of aromatic nitrogens is 2. The number of amides is 1. The summed E-state index contributed by atoms with van der Waals surface area (Å²) in [5.41, 5.74) is 4.15. The first-order valence-electron chi connectivity index (χ1n) is 11.8. The second-order valence-corrected chi connectivity index (χ2v) is 11.9. The second-order valence-electron chi connectivity index (χ2n) is 11.0. The maximum absolute atomic E-state index is 12.2. The number of fused-ring (bicyclic) bond motifs is 3. The number of hydrogen-bond donors (Lipinski definition) is 2. The Labute approximate surface area is 207 Å². The van der Waals surface area contributed by atoms with Crippen molar-refractivity contribution in [2.75, 3.05) is 0 Å². The van der Waals surface area contributed by atoms with Crippen LogP contribution in [0.15, 0.2) is 59.1 Å². The largest absolute Gasteiger partial charge is 0.444 e. The first kappa shape index (κ1) is 21.7. The van der Waals surface area contributed by atoms with Gasteiger partial charge >= 0.3 is 6.09 Å². The van der Waals surface area contributed by atoms with Crippen molar-refractivity contribution in [2.45, 2.75) is 57.6 Å². The number of nitrogens with one attached hydrogen (secondary N) is 2. The van der Waals surface area contributed by atoms with E-state index in [1.54, 1.807) is 0 Å². The quantitative estimate of drug-likeness (QED) is 0.295. The van der Waals surface area contributed by atoms with Crippen LogP contribution >= 0.6 is 15.9 Å². The summed E-state index contributed by atoms with van der Waals surface area (Å²) in [6, 6.07) is 19.4. The summed E-state index contributed by atoms with van der Waals surface area (Å²) in [7, 11) is 0. The van der Waals surface area contributed by atoms with Crippen LogP contribution in [0.3, 0.4) is 0 Å². The van der Waals surface area contributed by atoms with Crippen molar-refractivity contribution in [3.63, 3.8) is 0 Å². The van der Waals surface area contributed by atoms with Crippen LogP contribution in [-0.4, -0.2) is 27.2 Å². The molecule has 6 rings (SSSR count). The molecule has 2 fully saturated rings. The normalized spacial score (nSPS) is 23.1. The molecule has 1 heterocycles. The molecule has 3 aromatic carbocycles. The van der Waals surface area contributed by atoms with Gasteiger partial charge in [-0.05, 0) is 97.7 Å². The number of H-pyrrole nitrogens is 1. The molecule has 1 amide bonds. The highest BCUT2D eigenvalue weighted by Gasteiger charge is 2.83. The molecule has 0 radical (unpaired) electrons. The molecule has 2 aliphatic carbocycles. The number of carbonyl (C=O) groups is 1. The molecular formula is C28H28BrN3O2. The summed E-state index contributed by atoms with van der Waals surface area (Å²) in [6.45, 7) is 5.68. The van der Waals surface area contributed by atoms with Crippen molar-refractivity contribution in [1.29, 1.82) is 0 Å². The van der Waals surface area contributed by atoms with Gasteiger partial charge in [0.25, 0.3) is 0 Å². The molecule has 0 unspecified atom stereocenters. The molecule has 0 aliphatic heterocycles. The Bertz CT molecular complexity index is 1440. The number of benzene rings is 3. The van der Waals surface area contributed by atoms with Crippen LogP contribution in [0, 0.1) is 5.41 Å². The van der Waals surface area contributed by atoms with Gasteiger partial charge in [-0.3, -0.25) is 0 Å². The third-order valence-electron chi connectivity index (χ3n) is 7.29. The maximum Gasteiger partial charge on any atom is 0.408 e. The lowest BCUT2D eigenvalue weighted by Gasteiger charge is -2.20. The first-order valence-corrected chi connectivity index (χ1v) is 12.6. The number of halogens is 1. The van der Waals surface area contributed by atoms with E-state index in [0.29, 0.717) is 0 Å².